The van der Waals surface area contributed by atoms with Crippen molar-refractivity contribution in [2.75, 3.05) is 11.1 Å². The van der Waals surface area contributed by atoms with E-state index < -0.39 is 11.7 Å². The molecule has 2 rings (SSSR count). The lowest BCUT2D eigenvalue weighted by Gasteiger charge is -2.09. The average Bonchev–Trinajstić information content (AvgIpc) is 2.32. The predicted molar refractivity (Wildman–Crippen MR) is 72.5 cm³/mol. The molecule has 0 atom stereocenters. The molecule has 4 nitrogen and oxygen atoms in total. The first-order valence-electron chi connectivity index (χ1n) is 5.78. The Bertz CT molecular complexity index is 641. The first kappa shape index (κ1) is 13.0. The van der Waals surface area contributed by atoms with E-state index in [1.165, 1.54) is 12.1 Å². The molecule has 0 spiro atoms. The van der Waals surface area contributed by atoms with E-state index >= 15 is 0 Å². The van der Waals surface area contributed by atoms with Crippen LogP contribution >= 0.6 is 0 Å². The van der Waals surface area contributed by atoms with Crippen molar-refractivity contribution in [3.63, 3.8) is 0 Å². The van der Waals surface area contributed by atoms with E-state index in [1.807, 2.05) is 6.92 Å². The molecule has 0 aliphatic rings. The van der Waals surface area contributed by atoms with Gasteiger partial charge in [0.2, 0.25) is 0 Å². The van der Waals surface area contributed by atoms with E-state index in [-0.39, 0.29) is 5.69 Å². The lowest BCUT2D eigenvalue weighted by molar-refractivity contribution is 0.102. The number of carbonyl (C=O) groups is 1. The summed E-state index contributed by atoms with van der Waals surface area (Å²) in [6, 6.07) is 7.53. The Morgan fingerprint density at radius 1 is 1.26 bits per heavy atom. The molecule has 1 amide bonds. The highest BCUT2D eigenvalue weighted by Gasteiger charge is 2.12. The summed E-state index contributed by atoms with van der Waals surface area (Å²) in [5.41, 5.74) is 7.70. The molecule has 98 valence electrons. The summed E-state index contributed by atoms with van der Waals surface area (Å²) in [5.74, 6) is -0.959. The Labute approximate surface area is 110 Å². The highest BCUT2D eigenvalue weighted by atomic mass is 19.1. The zero-order valence-electron chi connectivity index (χ0n) is 10.7. The first-order valence-corrected chi connectivity index (χ1v) is 5.78. The second-order valence-electron chi connectivity index (χ2n) is 4.28. The van der Waals surface area contributed by atoms with E-state index in [9.17, 15) is 9.18 Å². The smallest absolute Gasteiger partial charge is 0.257 e. The van der Waals surface area contributed by atoms with Crippen LogP contribution in [0.4, 0.5) is 15.8 Å². The molecule has 1 aromatic carbocycles. The molecule has 0 aliphatic heterocycles. The van der Waals surface area contributed by atoms with E-state index in [0.717, 1.165) is 11.8 Å². The quantitative estimate of drug-likeness (QED) is 0.815. The molecule has 0 radical (unpaired) electrons. The van der Waals surface area contributed by atoms with Gasteiger partial charge in [-0.25, -0.2) is 4.39 Å². The van der Waals surface area contributed by atoms with Crippen molar-refractivity contribution < 1.29 is 9.18 Å². The molecule has 0 saturated heterocycles. The fourth-order valence-electron chi connectivity index (χ4n) is 1.75. The lowest BCUT2D eigenvalue weighted by Crippen LogP contribution is -2.15. The van der Waals surface area contributed by atoms with Crippen LogP contribution in [0.3, 0.4) is 0 Å². The number of pyridine rings is 1. The number of nitrogens with two attached hydrogens (primary N) is 1. The third kappa shape index (κ3) is 2.88. The zero-order chi connectivity index (χ0) is 14.0. The molecule has 0 bridgehead atoms. The Hall–Kier alpha value is -2.43. The number of hydrogen-bond donors (Lipinski definition) is 2. The largest absolute Gasteiger partial charge is 0.399 e. The van der Waals surface area contributed by atoms with Gasteiger partial charge in [0, 0.05) is 11.4 Å². The highest BCUT2D eigenvalue weighted by molar-refractivity contribution is 6.05. The molecule has 0 fully saturated rings. The number of aryl methyl sites for hydroxylation is 2. The number of benzene rings is 1. The number of nitrogen functional groups attached to an aromatic ring is 1. The van der Waals surface area contributed by atoms with Crippen molar-refractivity contribution in [3.05, 3.63) is 53.1 Å². The number of anilines is 2. The molecule has 0 saturated carbocycles. The topological polar surface area (TPSA) is 68.0 Å². The third-order valence-corrected chi connectivity index (χ3v) is 2.71. The van der Waals surface area contributed by atoms with Gasteiger partial charge in [-0.1, -0.05) is 0 Å². The van der Waals surface area contributed by atoms with Crippen molar-refractivity contribution in [2.45, 2.75) is 13.8 Å². The van der Waals surface area contributed by atoms with Crippen LogP contribution < -0.4 is 11.1 Å². The predicted octanol–water partition coefficient (Wildman–Crippen LogP) is 2.67. The van der Waals surface area contributed by atoms with Gasteiger partial charge >= 0.3 is 0 Å². The summed E-state index contributed by atoms with van der Waals surface area (Å²) >= 11 is 0. The molecule has 19 heavy (non-hydrogen) atoms. The van der Waals surface area contributed by atoms with Crippen LogP contribution in [-0.2, 0) is 0 Å². The number of hydrogen-bond acceptors (Lipinski definition) is 3. The third-order valence-electron chi connectivity index (χ3n) is 2.71. The number of nitrogens with one attached hydrogen (secondary N) is 1. The molecule has 0 unspecified atom stereocenters. The van der Waals surface area contributed by atoms with Gasteiger partial charge in [-0.3, -0.25) is 9.78 Å². The van der Waals surface area contributed by atoms with Crippen molar-refractivity contribution in [2.24, 2.45) is 0 Å². The maximum absolute atomic E-state index is 13.6. The van der Waals surface area contributed by atoms with Gasteiger partial charge in [-0.15, -0.1) is 0 Å². The van der Waals surface area contributed by atoms with Crippen molar-refractivity contribution >= 4 is 17.3 Å². The summed E-state index contributed by atoms with van der Waals surface area (Å²) in [5, 5.41) is 2.50. The van der Waals surface area contributed by atoms with Crippen LogP contribution in [0.15, 0.2) is 30.3 Å². The minimum absolute atomic E-state index is 0.0965. The Balaban J connectivity index is 2.25. The average molecular weight is 259 g/mol. The maximum Gasteiger partial charge on any atom is 0.257 e. The summed E-state index contributed by atoms with van der Waals surface area (Å²) < 4.78 is 13.6. The summed E-state index contributed by atoms with van der Waals surface area (Å²) in [4.78, 5) is 16.2. The van der Waals surface area contributed by atoms with Gasteiger partial charge in [0.1, 0.15) is 5.82 Å². The number of halogens is 1. The molecule has 3 N–H and O–H groups in total. The zero-order valence-corrected chi connectivity index (χ0v) is 10.7. The van der Waals surface area contributed by atoms with E-state index in [2.05, 4.69) is 10.3 Å². The fraction of sp³-hybridized carbons (Fsp3) is 0.143. The van der Waals surface area contributed by atoms with E-state index in [0.29, 0.717) is 16.9 Å². The van der Waals surface area contributed by atoms with E-state index in [1.54, 1.807) is 19.1 Å². The monoisotopic (exact) mass is 259 g/mol. The van der Waals surface area contributed by atoms with Crippen molar-refractivity contribution in [1.82, 2.24) is 4.98 Å². The minimum atomic E-state index is -0.564. The SMILES string of the molecule is Cc1ccc(C(=O)Nc2ccc(N)cc2F)c(C)n1. The van der Waals surface area contributed by atoms with Crippen LogP contribution in [-0.4, -0.2) is 10.9 Å². The van der Waals surface area contributed by atoms with E-state index in [4.69, 9.17) is 5.73 Å². The molecule has 2 aromatic rings. The lowest BCUT2D eigenvalue weighted by atomic mass is 10.1. The summed E-state index contributed by atoms with van der Waals surface area (Å²) in [6.45, 7) is 3.58. The Morgan fingerprint density at radius 3 is 2.63 bits per heavy atom. The van der Waals surface area contributed by atoms with Crippen LogP contribution in [0.5, 0.6) is 0 Å². The standard InChI is InChI=1S/C14H14FN3O/c1-8-3-5-11(9(2)17-8)14(19)18-13-6-4-10(16)7-12(13)15/h3-7H,16H2,1-2H3,(H,18,19). The minimum Gasteiger partial charge on any atom is -0.399 e. The van der Waals surface area contributed by atoms with Crippen molar-refractivity contribution in [1.29, 1.82) is 0 Å². The first-order chi connectivity index (χ1) is 8.97. The van der Waals surface area contributed by atoms with Crippen molar-refractivity contribution in [3.8, 4) is 0 Å². The Morgan fingerprint density at radius 2 is 2.00 bits per heavy atom. The fourth-order valence-corrected chi connectivity index (χ4v) is 1.75. The molecule has 0 aliphatic carbocycles. The Kier molecular flexibility index (Phi) is 3.46. The second-order valence-corrected chi connectivity index (χ2v) is 4.28. The molecular formula is C14H14FN3O. The maximum atomic E-state index is 13.6. The number of rotatable bonds is 2. The summed E-state index contributed by atoms with van der Waals surface area (Å²) in [6.07, 6.45) is 0. The number of aromatic nitrogens is 1. The van der Waals surface area contributed by atoms with Gasteiger partial charge in [-0.2, -0.15) is 0 Å². The summed E-state index contributed by atoms with van der Waals surface area (Å²) in [7, 11) is 0. The number of nitrogens with zero attached hydrogens (tertiary/aromatic N) is 1. The van der Waals surface area contributed by atoms with Gasteiger partial charge in [0.05, 0.1) is 16.9 Å². The van der Waals surface area contributed by atoms with Crippen LogP contribution in [0.25, 0.3) is 0 Å². The second kappa shape index (κ2) is 5.06. The molecular weight excluding hydrogens is 245 g/mol. The number of amides is 1. The van der Waals surface area contributed by atoms with Gasteiger partial charge in [0.15, 0.2) is 0 Å². The molecule has 5 heteroatoms. The van der Waals surface area contributed by atoms with Gasteiger partial charge in [0.25, 0.3) is 5.91 Å². The normalized spacial score (nSPS) is 10.3. The van der Waals surface area contributed by atoms with Gasteiger partial charge in [-0.05, 0) is 44.2 Å². The van der Waals surface area contributed by atoms with Gasteiger partial charge < -0.3 is 11.1 Å². The number of carbonyl (C=O) groups excluding carboxylic acids is 1. The molecule has 1 aromatic heterocycles. The van der Waals surface area contributed by atoms with Crippen LogP contribution in [0.1, 0.15) is 21.7 Å². The highest BCUT2D eigenvalue weighted by Crippen LogP contribution is 2.18. The van der Waals surface area contributed by atoms with Crippen LogP contribution in [0.2, 0.25) is 0 Å². The van der Waals surface area contributed by atoms with Crippen LogP contribution in [0, 0.1) is 19.7 Å². The molecule has 1 heterocycles.